The van der Waals surface area contributed by atoms with Crippen molar-refractivity contribution in [3.63, 3.8) is 0 Å². The Kier molecular flexibility index (Phi) is 4.01. The van der Waals surface area contributed by atoms with Gasteiger partial charge >= 0.3 is 0 Å². The first-order valence-electron chi connectivity index (χ1n) is 7.48. The zero-order valence-electron chi connectivity index (χ0n) is 12.5. The van der Waals surface area contributed by atoms with E-state index in [0.29, 0.717) is 17.1 Å². The Morgan fingerprint density at radius 2 is 1.95 bits per heavy atom. The first-order valence-corrected chi connectivity index (χ1v) is 7.48. The monoisotopic (exact) mass is 291 g/mol. The van der Waals surface area contributed by atoms with Crippen LogP contribution in [0.3, 0.4) is 0 Å². The number of ether oxygens (including phenoxy) is 3. The van der Waals surface area contributed by atoms with E-state index in [1.807, 2.05) is 18.7 Å². The highest BCUT2D eigenvalue weighted by molar-refractivity contribution is 5.95. The molecule has 0 saturated carbocycles. The van der Waals surface area contributed by atoms with E-state index in [2.05, 4.69) is 0 Å². The Labute approximate surface area is 124 Å². The molecule has 1 amide bonds. The number of amides is 1. The third-order valence-electron chi connectivity index (χ3n) is 3.81. The summed E-state index contributed by atoms with van der Waals surface area (Å²) in [5.41, 5.74) is 0.655. The van der Waals surface area contributed by atoms with Crippen LogP contribution in [-0.2, 0) is 4.74 Å². The molecule has 5 nitrogen and oxygen atoms in total. The third kappa shape index (κ3) is 3.13. The number of fused-ring (bicyclic) bond motifs is 1. The summed E-state index contributed by atoms with van der Waals surface area (Å²) in [7, 11) is 0. The van der Waals surface area contributed by atoms with Gasteiger partial charge in [0.15, 0.2) is 11.5 Å². The van der Waals surface area contributed by atoms with Gasteiger partial charge in [0, 0.05) is 18.7 Å². The molecule has 0 spiro atoms. The number of piperidine rings is 1. The minimum Gasteiger partial charge on any atom is -0.454 e. The fourth-order valence-electron chi connectivity index (χ4n) is 2.79. The van der Waals surface area contributed by atoms with Gasteiger partial charge in [-0.25, -0.2) is 0 Å². The van der Waals surface area contributed by atoms with E-state index in [9.17, 15) is 4.79 Å². The summed E-state index contributed by atoms with van der Waals surface area (Å²) in [5, 5.41) is 0. The van der Waals surface area contributed by atoms with Crippen molar-refractivity contribution in [2.45, 2.75) is 38.9 Å². The van der Waals surface area contributed by atoms with Crippen LogP contribution in [0.1, 0.15) is 37.0 Å². The molecule has 21 heavy (non-hydrogen) atoms. The molecule has 0 bridgehead atoms. The molecule has 1 aromatic rings. The van der Waals surface area contributed by atoms with Crippen LogP contribution in [0.4, 0.5) is 0 Å². The topological polar surface area (TPSA) is 48.0 Å². The third-order valence-corrected chi connectivity index (χ3v) is 3.81. The highest BCUT2D eigenvalue weighted by atomic mass is 16.7. The number of carbonyl (C=O) groups is 1. The lowest BCUT2D eigenvalue weighted by molar-refractivity contribution is -0.0236. The molecule has 0 atom stereocenters. The minimum atomic E-state index is 0.0521. The molecule has 0 N–H and O–H groups in total. The van der Waals surface area contributed by atoms with Crippen molar-refractivity contribution < 1.29 is 19.0 Å². The quantitative estimate of drug-likeness (QED) is 0.858. The molecule has 5 heteroatoms. The van der Waals surface area contributed by atoms with Crippen molar-refractivity contribution in [3.05, 3.63) is 23.8 Å². The van der Waals surface area contributed by atoms with Crippen LogP contribution >= 0.6 is 0 Å². The van der Waals surface area contributed by atoms with E-state index in [4.69, 9.17) is 14.2 Å². The first-order chi connectivity index (χ1) is 10.1. The largest absolute Gasteiger partial charge is 0.454 e. The Morgan fingerprint density at radius 1 is 1.24 bits per heavy atom. The van der Waals surface area contributed by atoms with Crippen LogP contribution in [0.25, 0.3) is 0 Å². The number of likely N-dealkylation sites (tertiary alicyclic amines) is 1. The zero-order valence-corrected chi connectivity index (χ0v) is 12.5. The molecular formula is C16H21NO4. The predicted molar refractivity (Wildman–Crippen MR) is 77.7 cm³/mol. The molecule has 114 valence electrons. The highest BCUT2D eigenvalue weighted by Gasteiger charge is 2.25. The molecular weight excluding hydrogens is 270 g/mol. The summed E-state index contributed by atoms with van der Waals surface area (Å²) in [6, 6.07) is 5.36. The molecule has 3 rings (SSSR count). The van der Waals surface area contributed by atoms with Crippen LogP contribution in [0.5, 0.6) is 11.5 Å². The number of benzene rings is 1. The van der Waals surface area contributed by atoms with E-state index in [1.165, 1.54) is 0 Å². The number of rotatable bonds is 3. The molecule has 2 heterocycles. The van der Waals surface area contributed by atoms with Gasteiger partial charge in [-0.3, -0.25) is 4.79 Å². The summed E-state index contributed by atoms with van der Waals surface area (Å²) in [4.78, 5) is 14.4. The lowest BCUT2D eigenvalue weighted by Crippen LogP contribution is -2.41. The molecule has 1 aromatic carbocycles. The van der Waals surface area contributed by atoms with E-state index in [-0.39, 0.29) is 24.9 Å². The van der Waals surface area contributed by atoms with Gasteiger partial charge in [-0.05, 0) is 44.9 Å². The van der Waals surface area contributed by atoms with Gasteiger partial charge in [-0.1, -0.05) is 0 Å². The van der Waals surface area contributed by atoms with Crippen LogP contribution in [0, 0.1) is 0 Å². The second-order valence-electron chi connectivity index (χ2n) is 5.74. The normalized spacial score (nSPS) is 18.3. The molecule has 0 radical (unpaired) electrons. The molecule has 1 saturated heterocycles. The van der Waals surface area contributed by atoms with Gasteiger partial charge in [0.25, 0.3) is 5.91 Å². The predicted octanol–water partition coefficient (Wildman–Crippen LogP) is 2.44. The standard InChI is InChI=1S/C16H21NO4/c1-11(2)21-13-5-7-17(8-6-13)16(18)12-3-4-14-15(9-12)20-10-19-14/h3-4,9,11,13H,5-8,10H2,1-2H3. The Bertz CT molecular complexity index is 521. The van der Waals surface area contributed by atoms with Crippen molar-refractivity contribution in [2.75, 3.05) is 19.9 Å². The molecule has 0 unspecified atom stereocenters. The average molecular weight is 291 g/mol. The number of hydrogen-bond acceptors (Lipinski definition) is 4. The van der Waals surface area contributed by atoms with E-state index in [1.54, 1.807) is 18.2 Å². The summed E-state index contributed by atoms with van der Waals surface area (Å²) in [6.07, 6.45) is 2.31. The Hall–Kier alpha value is -1.75. The second-order valence-corrected chi connectivity index (χ2v) is 5.74. The summed E-state index contributed by atoms with van der Waals surface area (Å²) in [5.74, 6) is 1.41. The van der Waals surface area contributed by atoms with Gasteiger partial charge in [-0.15, -0.1) is 0 Å². The fourth-order valence-corrected chi connectivity index (χ4v) is 2.79. The molecule has 0 aromatic heterocycles. The highest BCUT2D eigenvalue weighted by Crippen LogP contribution is 2.33. The molecule has 0 aliphatic carbocycles. The zero-order chi connectivity index (χ0) is 14.8. The summed E-state index contributed by atoms with van der Waals surface area (Å²) < 4.78 is 16.4. The van der Waals surface area contributed by atoms with Crippen molar-refractivity contribution in [2.24, 2.45) is 0 Å². The maximum Gasteiger partial charge on any atom is 0.253 e. The summed E-state index contributed by atoms with van der Waals surface area (Å²) >= 11 is 0. The number of nitrogens with zero attached hydrogens (tertiary/aromatic N) is 1. The molecule has 1 fully saturated rings. The summed E-state index contributed by atoms with van der Waals surface area (Å²) in [6.45, 7) is 5.80. The molecule has 2 aliphatic heterocycles. The number of hydrogen-bond donors (Lipinski definition) is 0. The lowest BCUT2D eigenvalue weighted by Gasteiger charge is -2.32. The lowest BCUT2D eigenvalue weighted by atomic mass is 10.1. The van der Waals surface area contributed by atoms with Crippen molar-refractivity contribution in [1.82, 2.24) is 4.90 Å². The van der Waals surface area contributed by atoms with Crippen molar-refractivity contribution in [1.29, 1.82) is 0 Å². The first kappa shape index (κ1) is 14.2. The Morgan fingerprint density at radius 3 is 2.67 bits per heavy atom. The van der Waals surface area contributed by atoms with Gasteiger partial charge in [0.1, 0.15) is 0 Å². The van der Waals surface area contributed by atoms with Crippen molar-refractivity contribution >= 4 is 5.91 Å². The minimum absolute atomic E-state index is 0.0521. The van der Waals surface area contributed by atoms with Crippen LogP contribution < -0.4 is 9.47 Å². The van der Waals surface area contributed by atoms with Gasteiger partial charge in [0.2, 0.25) is 6.79 Å². The average Bonchev–Trinajstić information content (AvgIpc) is 2.94. The van der Waals surface area contributed by atoms with E-state index >= 15 is 0 Å². The smallest absolute Gasteiger partial charge is 0.253 e. The maximum atomic E-state index is 12.5. The number of carbonyl (C=O) groups excluding carboxylic acids is 1. The van der Waals surface area contributed by atoms with E-state index in [0.717, 1.165) is 25.9 Å². The van der Waals surface area contributed by atoms with Crippen molar-refractivity contribution in [3.8, 4) is 11.5 Å². The molecule has 2 aliphatic rings. The maximum absolute atomic E-state index is 12.5. The SMILES string of the molecule is CC(C)OC1CCN(C(=O)c2ccc3c(c2)OCO3)CC1. The van der Waals surface area contributed by atoms with E-state index < -0.39 is 0 Å². The Balaban J connectivity index is 1.61. The van der Waals surface area contributed by atoms with Gasteiger partial charge < -0.3 is 19.1 Å². The van der Waals surface area contributed by atoms with Crippen LogP contribution in [0.15, 0.2) is 18.2 Å². The second kappa shape index (κ2) is 5.93. The fraction of sp³-hybridized carbons (Fsp3) is 0.562. The van der Waals surface area contributed by atoms with Gasteiger partial charge in [0.05, 0.1) is 12.2 Å². The van der Waals surface area contributed by atoms with Crippen LogP contribution in [-0.4, -0.2) is 42.9 Å². The van der Waals surface area contributed by atoms with Gasteiger partial charge in [-0.2, -0.15) is 0 Å². The van der Waals surface area contributed by atoms with Crippen LogP contribution in [0.2, 0.25) is 0 Å².